The van der Waals surface area contributed by atoms with Crippen molar-refractivity contribution in [3.05, 3.63) is 0 Å². The molecule has 0 bridgehead atoms. The second-order valence-electron chi connectivity index (χ2n) is 4.68. The van der Waals surface area contributed by atoms with E-state index < -0.39 is 0 Å². The molecule has 0 aromatic rings. The van der Waals surface area contributed by atoms with Crippen LogP contribution in [-0.2, 0) is 0 Å². The average Bonchev–Trinajstić information content (AvgIpc) is 3.13. The van der Waals surface area contributed by atoms with Crippen LogP contribution in [0.1, 0.15) is 40.0 Å². The smallest absolute Gasteiger partial charge is 0.191 e. The molecule has 1 rings (SSSR count). The summed E-state index contributed by atoms with van der Waals surface area (Å²) in [6.07, 6.45) is 3.60. The molecule has 0 heterocycles. The number of nitrogens with zero attached hydrogens (tertiary/aromatic N) is 3. The van der Waals surface area contributed by atoms with Crippen LogP contribution in [0.4, 0.5) is 0 Å². The Morgan fingerprint density at radius 2 is 1.76 bits per heavy atom. The zero-order valence-corrected chi connectivity index (χ0v) is 11.7. The highest BCUT2D eigenvalue weighted by molar-refractivity contribution is 5.78. The maximum Gasteiger partial charge on any atom is 0.191 e. The van der Waals surface area contributed by atoms with Crippen molar-refractivity contribution in [2.24, 2.45) is 10.7 Å². The Bertz CT molecular complexity index is 232. The summed E-state index contributed by atoms with van der Waals surface area (Å²) in [6, 6.07) is 0.520. The summed E-state index contributed by atoms with van der Waals surface area (Å²) >= 11 is 0. The molecule has 0 unspecified atom stereocenters. The van der Waals surface area contributed by atoms with Gasteiger partial charge in [-0.15, -0.1) is 0 Å². The van der Waals surface area contributed by atoms with E-state index in [1.165, 1.54) is 12.8 Å². The van der Waals surface area contributed by atoms with E-state index in [1.807, 2.05) is 0 Å². The Kier molecular flexibility index (Phi) is 6.34. The third-order valence-electron chi connectivity index (χ3n) is 3.36. The van der Waals surface area contributed by atoms with Gasteiger partial charge in [0.2, 0.25) is 0 Å². The molecule has 0 aliphatic heterocycles. The van der Waals surface area contributed by atoms with E-state index in [4.69, 9.17) is 5.73 Å². The number of aliphatic imine (C=N–C) groups is 1. The van der Waals surface area contributed by atoms with Crippen LogP contribution < -0.4 is 5.73 Å². The van der Waals surface area contributed by atoms with Crippen LogP contribution in [0.2, 0.25) is 0 Å². The molecule has 1 aliphatic rings. The molecule has 0 spiro atoms. The zero-order valence-electron chi connectivity index (χ0n) is 11.7. The van der Waals surface area contributed by atoms with Gasteiger partial charge >= 0.3 is 0 Å². The molecule has 17 heavy (non-hydrogen) atoms. The normalized spacial score (nSPS) is 16.6. The van der Waals surface area contributed by atoms with Gasteiger partial charge < -0.3 is 15.5 Å². The van der Waals surface area contributed by atoms with Crippen LogP contribution in [0.5, 0.6) is 0 Å². The SMILES string of the molecule is CCN(CC)CCCN(CC)C(N)=NC1CC1. The maximum atomic E-state index is 6.01. The Hall–Kier alpha value is -0.770. The average molecular weight is 240 g/mol. The second kappa shape index (κ2) is 7.54. The lowest BCUT2D eigenvalue weighted by molar-refractivity contribution is 0.283. The highest BCUT2D eigenvalue weighted by Crippen LogP contribution is 2.23. The van der Waals surface area contributed by atoms with Crippen molar-refractivity contribution >= 4 is 5.96 Å². The topological polar surface area (TPSA) is 44.9 Å². The van der Waals surface area contributed by atoms with Gasteiger partial charge in [0.25, 0.3) is 0 Å². The molecule has 1 fully saturated rings. The fourth-order valence-electron chi connectivity index (χ4n) is 1.93. The fourth-order valence-corrected chi connectivity index (χ4v) is 1.93. The molecule has 0 atom stereocenters. The highest BCUT2D eigenvalue weighted by Gasteiger charge is 2.21. The monoisotopic (exact) mass is 240 g/mol. The molecule has 1 saturated carbocycles. The quantitative estimate of drug-likeness (QED) is 0.517. The number of hydrogen-bond donors (Lipinski definition) is 1. The van der Waals surface area contributed by atoms with E-state index >= 15 is 0 Å². The summed E-state index contributed by atoms with van der Waals surface area (Å²) in [5, 5.41) is 0. The molecule has 0 aromatic heterocycles. The molecule has 1 aliphatic carbocycles. The third kappa shape index (κ3) is 5.39. The van der Waals surface area contributed by atoms with Crippen molar-refractivity contribution < 1.29 is 0 Å². The van der Waals surface area contributed by atoms with Gasteiger partial charge in [-0.3, -0.25) is 0 Å². The van der Waals surface area contributed by atoms with Gasteiger partial charge in [0.05, 0.1) is 6.04 Å². The van der Waals surface area contributed by atoms with Gasteiger partial charge in [-0.2, -0.15) is 0 Å². The van der Waals surface area contributed by atoms with E-state index in [0.29, 0.717) is 6.04 Å². The van der Waals surface area contributed by atoms with E-state index in [0.717, 1.165) is 45.1 Å². The van der Waals surface area contributed by atoms with Crippen LogP contribution in [0.3, 0.4) is 0 Å². The number of guanidine groups is 1. The molecular formula is C13H28N4. The van der Waals surface area contributed by atoms with Gasteiger partial charge in [-0.1, -0.05) is 13.8 Å². The van der Waals surface area contributed by atoms with E-state index in [-0.39, 0.29) is 0 Å². The molecule has 0 radical (unpaired) electrons. The van der Waals surface area contributed by atoms with E-state index in [2.05, 4.69) is 35.6 Å². The first-order chi connectivity index (χ1) is 8.21. The first kappa shape index (κ1) is 14.3. The number of hydrogen-bond acceptors (Lipinski definition) is 2. The lowest BCUT2D eigenvalue weighted by atomic mass is 10.3. The molecule has 2 N–H and O–H groups in total. The standard InChI is InChI=1S/C13H28N4/c1-4-16(5-2)10-7-11-17(6-3)13(14)15-12-8-9-12/h12H,4-11H2,1-3H3,(H2,14,15). The van der Waals surface area contributed by atoms with E-state index in [1.54, 1.807) is 0 Å². The molecule has 0 aromatic carbocycles. The lowest BCUT2D eigenvalue weighted by Gasteiger charge is -2.24. The Labute approximate surface area is 106 Å². The van der Waals surface area contributed by atoms with Gasteiger partial charge in [0, 0.05) is 13.1 Å². The van der Waals surface area contributed by atoms with Crippen molar-refractivity contribution in [3.63, 3.8) is 0 Å². The van der Waals surface area contributed by atoms with Crippen molar-refractivity contribution in [3.8, 4) is 0 Å². The van der Waals surface area contributed by atoms with Gasteiger partial charge in [0.15, 0.2) is 5.96 Å². The second-order valence-corrected chi connectivity index (χ2v) is 4.68. The van der Waals surface area contributed by atoms with Crippen molar-refractivity contribution in [2.75, 3.05) is 32.7 Å². The van der Waals surface area contributed by atoms with Crippen molar-refractivity contribution in [2.45, 2.75) is 46.1 Å². The van der Waals surface area contributed by atoms with Crippen LogP contribution in [0, 0.1) is 0 Å². The molecule has 0 saturated heterocycles. The highest BCUT2D eigenvalue weighted by atomic mass is 15.3. The Morgan fingerprint density at radius 1 is 1.12 bits per heavy atom. The largest absolute Gasteiger partial charge is 0.370 e. The van der Waals surface area contributed by atoms with Crippen LogP contribution in [-0.4, -0.2) is 54.5 Å². The molecule has 4 heteroatoms. The fraction of sp³-hybridized carbons (Fsp3) is 0.923. The molecular weight excluding hydrogens is 212 g/mol. The van der Waals surface area contributed by atoms with Crippen LogP contribution in [0.25, 0.3) is 0 Å². The van der Waals surface area contributed by atoms with Gasteiger partial charge in [-0.25, -0.2) is 4.99 Å². The Morgan fingerprint density at radius 3 is 2.24 bits per heavy atom. The number of rotatable bonds is 8. The summed E-state index contributed by atoms with van der Waals surface area (Å²) < 4.78 is 0. The first-order valence-electron chi connectivity index (χ1n) is 7.01. The molecule has 0 amide bonds. The minimum atomic E-state index is 0.520. The van der Waals surface area contributed by atoms with E-state index in [9.17, 15) is 0 Å². The summed E-state index contributed by atoms with van der Waals surface area (Å²) in [6.45, 7) is 12.0. The number of nitrogens with two attached hydrogens (primary N) is 1. The lowest BCUT2D eigenvalue weighted by Crippen LogP contribution is -2.39. The van der Waals surface area contributed by atoms with Crippen molar-refractivity contribution in [1.29, 1.82) is 0 Å². The van der Waals surface area contributed by atoms with Gasteiger partial charge in [0.1, 0.15) is 0 Å². The maximum absolute atomic E-state index is 6.01. The van der Waals surface area contributed by atoms with Crippen LogP contribution in [0.15, 0.2) is 4.99 Å². The minimum Gasteiger partial charge on any atom is -0.370 e. The minimum absolute atomic E-state index is 0.520. The third-order valence-corrected chi connectivity index (χ3v) is 3.36. The Balaban J connectivity index is 2.26. The zero-order chi connectivity index (χ0) is 12.7. The van der Waals surface area contributed by atoms with Gasteiger partial charge in [-0.05, 0) is 45.8 Å². The predicted molar refractivity (Wildman–Crippen MR) is 74.3 cm³/mol. The summed E-state index contributed by atoms with van der Waals surface area (Å²) in [7, 11) is 0. The summed E-state index contributed by atoms with van der Waals surface area (Å²) in [5.41, 5.74) is 6.01. The molecule has 100 valence electrons. The first-order valence-corrected chi connectivity index (χ1v) is 7.01. The molecule has 4 nitrogen and oxygen atoms in total. The summed E-state index contributed by atoms with van der Waals surface area (Å²) in [5.74, 6) is 0.745. The predicted octanol–water partition coefficient (Wildman–Crippen LogP) is 1.52. The summed E-state index contributed by atoms with van der Waals surface area (Å²) in [4.78, 5) is 9.15. The van der Waals surface area contributed by atoms with Crippen LogP contribution >= 0.6 is 0 Å². The van der Waals surface area contributed by atoms with Crippen molar-refractivity contribution in [1.82, 2.24) is 9.80 Å².